The Balaban J connectivity index is 2.11. The number of hydrogen-bond donors (Lipinski definition) is 0. The summed E-state index contributed by atoms with van der Waals surface area (Å²) in [4.78, 5) is 4.30. The van der Waals surface area contributed by atoms with Crippen molar-refractivity contribution in [3.05, 3.63) is 35.2 Å². The molecule has 0 radical (unpaired) electrons. The quantitative estimate of drug-likeness (QED) is 0.777. The van der Waals surface area contributed by atoms with E-state index in [1.807, 2.05) is 19.9 Å². The zero-order chi connectivity index (χ0) is 13.8. The lowest BCUT2D eigenvalue weighted by Crippen LogP contribution is -2.21. The van der Waals surface area contributed by atoms with Gasteiger partial charge in [0.2, 0.25) is 0 Å². The van der Waals surface area contributed by atoms with Gasteiger partial charge in [0, 0.05) is 11.8 Å². The minimum atomic E-state index is 0.533. The van der Waals surface area contributed by atoms with Crippen molar-refractivity contribution in [2.75, 3.05) is 6.61 Å². The first-order chi connectivity index (χ1) is 9.11. The highest BCUT2D eigenvalue weighted by molar-refractivity contribution is 5.46. The maximum atomic E-state index is 9.20. The van der Waals surface area contributed by atoms with Crippen LogP contribution in [0.4, 0.5) is 0 Å². The SMILES string of the molecule is Cc1cc(OCC2CC=CCC2C)c(C#N)c(C)n1. The molecule has 3 heteroatoms. The average molecular weight is 256 g/mol. The van der Waals surface area contributed by atoms with E-state index in [0.717, 1.165) is 24.2 Å². The minimum absolute atomic E-state index is 0.533. The number of aryl methyl sites for hydroxylation is 2. The molecule has 2 atom stereocenters. The summed E-state index contributed by atoms with van der Waals surface area (Å²) in [6, 6.07) is 4.04. The summed E-state index contributed by atoms with van der Waals surface area (Å²) in [5.41, 5.74) is 2.20. The molecule has 0 amide bonds. The Kier molecular flexibility index (Phi) is 4.21. The third kappa shape index (κ3) is 3.14. The number of ether oxygens (including phenoxy) is 1. The lowest BCUT2D eigenvalue weighted by molar-refractivity contribution is 0.197. The van der Waals surface area contributed by atoms with Gasteiger partial charge in [-0.2, -0.15) is 5.26 Å². The lowest BCUT2D eigenvalue weighted by atomic mass is 9.85. The van der Waals surface area contributed by atoms with Gasteiger partial charge in [-0.15, -0.1) is 0 Å². The molecular formula is C16H20N2O. The number of rotatable bonds is 3. The second-order valence-corrected chi connectivity index (χ2v) is 5.33. The van der Waals surface area contributed by atoms with Gasteiger partial charge in [-0.1, -0.05) is 19.1 Å². The Hall–Kier alpha value is -1.82. The van der Waals surface area contributed by atoms with Gasteiger partial charge in [0.05, 0.1) is 12.3 Å². The van der Waals surface area contributed by atoms with E-state index in [1.54, 1.807) is 0 Å². The van der Waals surface area contributed by atoms with E-state index < -0.39 is 0 Å². The molecule has 0 spiro atoms. The average Bonchev–Trinajstić information content (AvgIpc) is 2.37. The van der Waals surface area contributed by atoms with Gasteiger partial charge in [0.1, 0.15) is 17.4 Å². The third-order valence-corrected chi connectivity index (χ3v) is 3.78. The summed E-state index contributed by atoms with van der Waals surface area (Å²) in [6.07, 6.45) is 6.64. The fraction of sp³-hybridized carbons (Fsp3) is 0.500. The molecule has 0 saturated carbocycles. The number of pyridine rings is 1. The molecule has 2 rings (SSSR count). The van der Waals surface area contributed by atoms with Crippen LogP contribution in [-0.4, -0.2) is 11.6 Å². The van der Waals surface area contributed by atoms with E-state index in [0.29, 0.717) is 29.8 Å². The van der Waals surface area contributed by atoms with E-state index in [9.17, 15) is 5.26 Å². The molecule has 0 saturated heterocycles. The van der Waals surface area contributed by atoms with E-state index in [4.69, 9.17) is 4.74 Å². The number of nitriles is 1. The molecule has 0 bridgehead atoms. The maximum Gasteiger partial charge on any atom is 0.140 e. The first-order valence-corrected chi connectivity index (χ1v) is 6.78. The summed E-state index contributed by atoms with van der Waals surface area (Å²) < 4.78 is 5.90. The fourth-order valence-corrected chi connectivity index (χ4v) is 2.48. The maximum absolute atomic E-state index is 9.20. The van der Waals surface area contributed by atoms with Crippen LogP contribution in [0.2, 0.25) is 0 Å². The Morgan fingerprint density at radius 1 is 1.37 bits per heavy atom. The van der Waals surface area contributed by atoms with Crippen LogP contribution in [0.3, 0.4) is 0 Å². The second-order valence-electron chi connectivity index (χ2n) is 5.33. The molecule has 3 nitrogen and oxygen atoms in total. The summed E-state index contributed by atoms with van der Waals surface area (Å²) in [6.45, 7) is 6.70. The third-order valence-electron chi connectivity index (χ3n) is 3.78. The van der Waals surface area contributed by atoms with Crippen molar-refractivity contribution in [2.45, 2.75) is 33.6 Å². The molecule has 1 aromatic rings. The molecule has 100 valence electrons. The highest BCUT2D eigenvalue weighted by Crippen LogP contribution is 2.27. The van der Waals surface area contributed by atoms with Crippen LogP contribution in [0, 0.1) is 37.0 Å². The van der Waals surface area contributed by atoms with Crippen LogP contribution in [0.5, 0.6) is 5.75 Å². The zero-order valence-electron chi connectivity index (χ0n) is 11.8. The fourth-order valence-electron chi connectivity index (χ4n) is 2.48. The zero-order valence-corrected chi connectivity index (χ0v) is 11.8. The van der Waals surface area contributed by atoms with Crippen molar-refractivity contribution < 1.29 is 4.74 Å². The Morgan fingerprint density at radius 3 is 2.79 bits per heavy atom. The smallest absolute Gasteiger partial charge is 0.140 e. The normalized spacial score (nSPS) is 22.0. The summed E-state index contributed by atoms with van der Waals surface area (Å²) in [7, 11) is 0. The standard InChI is InChI=1S/C16H20N2O/c1-11-6-4-5-7-14(11)10-19-16-8-12(2)18-13(3)15(16)9-17/h4-5,8,11,14H,6-7,10H2,1-3H3. The molecule has 1 aliphatic rings. The second kappa shape index (κ2) is 5.88. The van der Waals surface area contributed by atoms with Gasteiger partial charge in [-0.05, 0) is 38.5 Å². The highest BCUT2D eigenvalue weighted by Gasteiger charge is 2.20. The largest absolute Gasteiger partial charge is 0.492 e. The van der Waals surface area contributed by atoms with E-state index in [1.165, 1.54) is 0 Å². The van der Waals surface area contributed by atoms with Crippen LogP contribution in [-0.2, 0) is 0 Å². The van der Waals surface area contributed by atoms with Gasteiger partial charge in [-0.25, -0.2) is 0 Å². The van der Waals surface area contributed by atoms with E-state index in [-0.39, 0.29) is 0 Å². The van der Waals surface area contributed by atoms with E-state index >= 15 is 0 Å². The van der Waals surface area contributed by atoms with Gasteiger partial charge in [-0.3, -0.25) is 4.98 Å². The predicted octanol–water partition coefficient (Wildman–Crippen LogP) is 3.55. The monoisotopic (exact) mass is 256 g/mol. The molecule has 0 aliphatic heterocycles. The van der Waals surface area contributed by atoms with Crippen LogP contribution in [0.25, 0.3) is 0 Å². The number of allylic oxidation sites excluding steroid dienone is 2. The summed E-state index contributed by atoms with van der Waals surface area (Å²) >= 11 is 0. The Bertz CT molecular complexity index is 528. The summed E-state index contributed by atoms with van der Waals surface area (Å²) in [5.74, 6) is 1.85. The van der Waals surface area contributed by atoms with Crippen molar-refractivity contribution in [3.8, 4) is 11.8 Å². The lowest BCUT2D eigenvalue weighted by Gasteiger charge is -2.25. The highest BCUT2D eigenvalue weighted by atomic mass is 16.5. The van der Waals surface area contributed by atoms with E-state index in [2.05, 4.69) is 30.1 Å². The van der Waals surface area contributed by atoms with Crippen LogP contribution in [0.15, 0.2) is 18.2 Å². The number of hydrogen-bond acceptors (Lipinski definition) is 3. The minimum Gasteiger partial charge on any atom is -0.492 e. The molecule has 2 unspecified atom stereocenters. The molecule has 0 N–H and O–H groups in total. The van der Waals surface area contributed by atoms with Crippen LogP contribution in [0.1, 0.15) is 36.7 Å². The molecule has 0 fully saturated rings. The first-order valence-electron chi connectivity index (χ1n) is 6.78. The molecule has 1 heterocycles. The number of nitrogens with zero attached hydrogens (tertiary/aromatic N) is 2. The topological polar surface area (TPSA) is 45.9 Å². The summed E-state index contributed by atoms with van der Waals surface area (Å²) in [5, 5.41) is 9.20. The molecule has 1 aromatic heterocycles. The predicted molar refractivity (Wildman–Crippen MR) is 74.9 cm³/mol. The molecule has 19 heavy (non-hydrogen) atoms. The van der Waals surface area contributed by atoms with Gasteiger partial charge < -0.3 is 4.74 Å². The van der Waals surface area contributed by atoms with Crippen LogP contribution >= 0.6 is 0 Å². The Labute approximate surface area is 114 Å². The van der Waals surface area contributed by atoms with Crippen molar-refractivity contribution in [1.82, 2.24) is 4.98 Å². The van der Waals surface area contributed by atoms with Crippen molar-refractivity contribution in [2.24, 2.45) is 11.8 Å². The first kappa shape index (κ1) is 13.6. The van der Waals surface area contributed by atoms with Gasteiger partial charge in [0.25, 0.3) is 0 Å². The number of aromatic nitrogens is 1. The van der Waals surface area contributed by atoms with Gasteiger partial charge in [0.15, 0.2) is 0 Å². The van der Waals surface area contributed by atoms with Crippen molar-refractivity contribution in [1.29, 1.82) is 5.26 Å². The van der Waals surface area contributed by atoms with Crippen molar-refractivity contribution in [3.63, 3.8) is 0 Å². The van der Waals surface area contributed by atoms with Gasteiger partial charge >= 0.3 is 0 Å². The Morgan fingerprint density at radius 2 is 2.11 bits per heavy atom. The van der Waals surface area contributed by atoms with Crippen LogP contribution < -0.4 is 4.74 Å². The molecular weight excluding hydrogens is 236 g/mol. The molecule has 0 aromatic carbocycles. The molecule has 1 aliphatic carbocycles. The van der Waals surface area contributed by atoms with Crippen molar-refractivity contribution >= 4 is 0 Å².